The highest BCUT2D eigenvalue weighted by atomic mass is 15.3. The largest absolute Gasteiger partial charge is 0.369 e. The molecule has 1 aromatic carbocycles. The van der Waals surface area contributed by atoms with Crippen molar-refractivity contribution in [2.45, 2.75) is 27.2 Å². The van der Waals surface area contributed by atoms with Crippen LogP contribution in [0.4, 0.5) is 5.82 Å². The third-order valence-electron chi connectivity index (χ3n) is 3.91. The second-order valence-electron chi connectivity index (χ2n) is 5.62. The molecule has 0 bridgehead atoms. The molecule has 0 saturated heterocycles. The molecule has 2 aromatic heterocycles. The molecule has 0 aliphatic rings. The first-order valence-electron chi connectivity index (χ1n) is 7.78. The maximum absolute atomic E-state index is 4.48. The van der Waals surface area contributed by atoms with Crippen LogP contribution in [-0.4, -0.2) is 26.3 Å². The average molecular weight is 307 g/mol. The summed E-state index contributed by atoms with van der Waals surface area (Å²) in [5.74, 6) is 1.74. The Balaban J connectivity index is 1.61. The van der Waals surface area contributed by atoms with Gasteiger partial charge < -0.3 is 5.32 Å². The number of anilines is 1. The monoisotopic (exact) mass is 307 g/mol. The number of benzene rings is 1. The minimum Gasteiger partial charge on any atom is -0.369 e. The first kappa shape index (κ1) is 15.2. The van der Waals surface area contributed by atoms with E-state index < -0.39 is 0 Å². The Morgan fingerprint density at radius 3 is 2.52 bits per heavy atom. The van der Waals surface area contributed by atoms with Crippen LogP contribution in [0.2, 0.25) is 0 Å². The molecule has 0 fully saturated rings. The van der Waals surface area contributed by atoms with E-state index in [0.717, 1.165) is 41.6 Å². The van der Waals surface area contributed by atoms with Gasteiger partial charge in [-0.25, -0.2) is 14.6 Å². The van der Waals surface area contributed by atoms with Crippen molar-refractivity contribution in [3.05, 3.63) is 65.4 Å². The van der Waals surface area contributed by atoms with E-state index in [0.29, 0.717) is 0 Å². The zero-order valence-electron chi connectivity index (χ0n) is 13.7. The molecule has 3 rings (SSSR count). The van der Waals surface area contributed by atoms with Gasteiger partial charge in [-0.1, -0.05) is 12.1 Å². The van der Waals surface area contributed by atoms with E-state index in [4.69, 9.17) is 0 Å². The molecule has 3 aromatic rings. The second-order valence-corrected chi connectivity index (χ2v) is 5.62. The lowest BCUT2D eigenvalue weighted by Crippen LogP contribution is -2.10. The van der Waals surface area contributed by atoms with Gasteiger partial charge in [0.15, 0.2) is 0 Å². The lowest BCUT2D eigenvalue weighted by Gasteiger charge is -2.11. The van der Waals surface area contributed by atoms with E-state index in [1.54, 1.807) is 6.20 Å². The van der Waals surface area contributed by atoms with Crippen molar-refractivity contribution in [3.63, 3.8) is 0 Å². The Morgan fingerprint density at radius 1 is 1.04 bits per heavy atom. The number of aryl methyl sites for hydroxylation is 2. The maximum Gasteiger partial charge on any atom is 0.132 e. The van der Waals surface area contributed by atoms with Crippen LogP contribution in [0.25, 0.3) is 5.69 Å². The van der Waals surface area contributed by atoms with E-state index in [9.17, 15) is 0 Å². The molecule has 0 unspecified atom stereocenters. The fraction of sp³-hybridized carbons (Fsp3) is 0.278. The molecule has 23 heavy (non-hydrogen) atoms. The summed E-state index contributed by atoms with van der Waals surface area (Å²) in [6.07, 6.45) is 4.67. The highest BCUT2D eigenvalue weighted by Gasteiger charge is 2.05. The van der Waals surface area contributed by atoms with Crippen LogP contribution in [0.15, 0.2) is 42.7 Å². The number of nitrogens with one attached hydrogen (secondary N) is 1. The van der Waals surface area contributed by atoms with Gasteiger partial charge in [-0.3, -0.25) is 0 Å². The molecular formula is C18H21N5. The van der Waals surface area contributed by atoms with Gasteiger partial charge in [-0.05, 0) is 51.0 Å². The first-order valence-corrected chi connectivity index (χ1v) is 7.78. The molecule has 2 heterocycles. The van der Waals surface area contributed by atoms with Gasteiger partial charge in [0.05, 0.1) is 5.69 Å². The minimum absolute atomic E-state index is 0.805. The van der Waals surface area contributed by atoms with Gasteiger partial charge in [0, 0.05) is 30.2 Å². The number of hydrogen-bond acceptors (Lipinski definition) is 4. The third-order valence-corrected chi connectivity index (χ3v) is 3.91. The summed E-state index contributed by atoms with van der Waals surface area (Å²) in [7, 11) is 0. The summed E-state index contributed by atoms with van der Waals surface area (Å²) < 4.78 is 1.86. The number of rotatable bonds is 5. The van der Waals surface area contributed by atoms with E-state index in [2.05, 4.69) is 51.6 Å². The van der Waals surface area contributed by atoms with Gasteiger partial charge >= 0.3 is 0 Å². The van der Waals surface area contributed by atoms with E-state index >= 15 is 0 Å². The van der Waals surface area contributed by atoms with Crippen LogP contribution in [0.5, 0.6) is 0 Å². The predicted octanol–water partition coefficient (Wildman–Crippen LogP) is 3.24. The summed E-state index contributed by atoms with van der Waals surface area (Å²) in [5.41, 5.74) is 4.51. The molecule has 0 amide bonds. The fourth-order valence-corrected chi connectivity index (χ4v) is 2.50. The van der Waals surface area contributed by atoms with Crippen LogP contribution in [0, 0.1) is 20.8 Å². The second kappa shape index (κ2) is 6.60. The summed E-state index contributed by atoms with van der Waals surface area (Å²) in [5, 5.41) is 7.65. The van der Waals surface area contributed by atoms with Gasteiger partial charge in [0.25, 0.3) is 0 Å². The van der Waals surface area contributed by atoms with Crippen LogP contribution in [0.1, 0.15) is 22.6 Å². The van der Waals surface area contributed by atoms with Crippen molar-refractivity contribution in [3.8, 4) is 5.69 Å². The summed E-state index contributed by atoms with van der Waals surface area (Å²) in [6, 6.07) is 10.4. The van der Waals surface area contributed by atoms with E-state index in [1.165, 1.54) is 5.56 Å². The molecule has 5 nitrogen and oxygen atoms in total. The summed E-state index contributed by atoms with van der Waals surface area (Å²) in [4.78, 5) is 8.85. The Hall–Kier alpha value is -2.69. The van der Waals surface area contributed by atoms with Gasteiger partial charge in [0.1, 0.15) is 11.6 Å². The SMILES string of the molecule is Cc1nc(C)c(C)c(NCCc2ccc(-n3cccn3)cc2)n1. The Kier molecular flexibility index (Phi) is 4.37. The standard InChI is InChI=1S/C18H21N5/c1-13-14(2)21-15(3)22-18(13)19-11-9-16-5-7-17(8-6-16)23-12-4-10-20-23/h4-8,10,12H,9,11H2,1-3H3,(H,19,21,22). The highest BCUT2D eigenvalue weighted by Crippen LogP contribution is 2.15. The molecular weight excluding hydrogens is 286 g/mol. The number of nitrogens with zero attached hydrogens (tertiary/aromatic N) is 4. The molecule has 1 N–H and O–H groups in total. The third kappa shape index (κ3) is 3.56. The Morgan fingerprint density at radius 2 is 1.83 bits per heavy atom. The fourth-order valence-electron chi connectivity index (χ4n) is 2.50. The van der Waals surface area contributed by atoms with Crippen molar-refractivity contribution in [2.75, 3.05) is 11.9 Å². The summed E-state index contributed by atoms with van der Waals surface area (Å²) >= 11 is 0. The van der Waals surface area contributed by atoms with Crippen molar-refractivity contribution in [1.29, 1.82) is 0 Å². The minimum atomic E-state index is 0.805. The first-order chi connectivity index (χ1) is 11.1. The van der Waals surface area contributed by atoms with E-state index in [1.807, 2.05) is 30.8 Å². The number of aromatic nitrogens is 4. The van der Waals surface area contributed by atoms with Crippen LogP contribution in [-0.2, 0) is 6.42 Å². The smallest absolute Gasteiger partial charge is 0.132 e. The van der Waals surface area contributed by atoms with Crippen LogP contribution >= 0.6 is 0 Å². The van der Waals surface area contributed by atoms with Crippen LogP contribution < -0.4 is 5.32 Å². The highest BCUT2D eigenvalue weighted by molar-refractivity contribution is 5.45. The van der Waals surface area contributed by atoms with Crippen LogP contribution in [0.3, 0.4) is 0 Å². The predicted molar refractivity (Wildman–Crippen MR) is 92.0 cm³/mol. The molecule has 0 spiro atoms. The maximum atomic E-state index is 4.48. The number of hydrogen-bond donors (Lipinski definition) is 1. The van der Waals surface area contributed by atoms with E-state index in [-0.39, 0.29) is 0 Å². The lowest BCUT2D eigenvalue weighted by molar-refractivity contribution is 0.878. The topological polar surface area (TPSA) is 55.6 Å². The molecule has 118 valence electrons. The zero-order chi connectivity index (χ0) is 16.2. The normalized spacial score (nSPS) is 10.7. The molecule has 0 radical (unpaired) electrons. The van der Waals surface area contributed by atoms with Gasteiger partial charge in [0.2, 0.25) is 0 Å². The molecule has 0 saturated carbocycles. The summed E-state index contributed by atoms with van der Waals surface area (Å²) in [6.45, 7) is 6.84. The van der Waals surface area contributed by atoms with Crippen molar-refractivity contribution >= 4 is 5.82 Å². The molecule has 0 atom stereocenters. The van der Waals surface area contributed by atoms with Crippen molar-refractivity contribution in [1.82, 2.24) is 19.7 Å². The Labute approximate surface area is 136 Å². The average Bonchev–Trinajstić information content (AvgIpc) is 3.07. The van der Waals surface area contributed by atoms with Crippen molar-refractivity contribution < 1.29 is 0 Å². The zero-order valence-corrected chi connectivity index (χ0v) is 13.7. The quantitative estimate of drug-likeness (QED) is 0.786. The molecule has 0 aliphatic heterocycles. The van der Waals surface area contributed by atoms with Gasteiger partial charge in [-0.15, -0.1) is 0 Å². The van der Waals surface area contributed by atoms with Gasteiger partial charge in [-0.2, -0.15) is 5.10 Å². The lowest BCUT2D eigenvalue weighted by atomic mass is 10.1. The Bertz CT molecular complexity index is 776. The molecule has 0 aliphatic carbocycles. The molecule has 5 heteroatoms. The van der Waals surface area contributed by atoms with Crippen molar-refractivity contribution in [2.24, 2.45) is 0 Å².